The molecule has 1 amide bonds. The SMILES string of the molecule is NC(=O)C(Cc1cccnc1)(NCc1ccncc1)c1ccc(Cl)cc1Cl. The van der Waals surface area contributed by atoms with Crippen LogP contribution >= 0.6 is 23.2 Å². The molecule has 0 bridgehead atoms. The summed E-state index contributed by atoms with van der Waals surface area (Å²) in [5.74, 6) is -0.537. The van der Waals surface area contributed by atoms with E-state index in [0.29, 0.717) is 28.6 Å². The van der Waals surface area contributed by atoms with E-state index in [0.717, 1.165) is 11.1 Å². The number of amides is 1. The Morgan fingerprint density at radius 2 is 1.81 bits per heavy atom. The second-order valence-electron chi connectivity index (χ2n) is 6.14. The van der Waals surface area contributed by atoms with Crippen LogP contribution in [0.3, 0.4) is 0 Å². The molecule has 1 unspecified atom stereocenters. The Morgan fingerprint density at radius 1 is 1.04 bits per heavy atom. The van der Waals surface area contributed by atoms with E-state index in [4.69, 9.17) is 28.9 Å². The summed E-state index contributed by atoms with van der Waals surface area (Å²) in [7, 11) is 0. The van der Waals surface area contributed by atoms with Gasteiger partial charge in [-0.3, -0.25) is 20.1 Å². The number of aromatic nitrogens is 2. The molecule has 1 aromatic carbocycles. The number of hydrogen-bond acceptors (Lipinski definition) is 4. The van der Waals surface area contributed by atoms with Crippen LogP contribution in [0.25, 0.3) is 0 Å². The number of nitrogens with one attached hydrogen (secondary N) is 1. The fraction of sp³-hybridized carbons (Fsp3) is 0.150. The Kier molecular flexibility index (Phi) is 6.06. The first-order chi connectivity index (χ1) is 13.0. The van der Waals surface area contributed by atoms with Crippen molar-refractivity contribution in [2.24, 2.45) is 5.73 Å². The van der Waals surface area contributed by atoms with E-state index in [-0.39, 0.29) is 0 Å². The largest absolute Gasteiger partial charge is 0.368 e. The zero-order valence-corrected chi connectivity index (χ0v) is 15.9. The van der Waals surface area contributed by atoms with Gasteiger partial charge in [0.1, 0.15) is 5.54 Å². The second-order valence-corrected chi connectivity index (χ2v) is 6.98. The first-order valence-electron chi connectivity index (χ1n) is 8.29. The molecule has 2 heterocycles. The molecule has 0 saturated heterocycles. The third kappa shape index (κ3) is 4.45. The highest BCUT2D eigenvalue weighted by atomic mass is 35.5. The lowest BCUT2D eigenvalue weighted by atomic mass is 9.83. The van der Waals surface area contributed by atoms with Gasteiger partial charge in [-0.15, -0.1) is 0 Å². The molecule has 3 aromatic rings. The van der Waals surface area contributed by atoms with Crippen LogP contribution in [0.2, 0.25) is 10.0 Å². The average Bonchev–Trinajstić information content (AvgIpc) is 2.67. The van der Waals surface area contributed by atoms with Crippen molar-refractivity contribution in [3.05, 3.63) is 94.0 Å². The molecular formula is C20H18Cl2N4O. The van der Waals surface area contributed by atoms with Gasteiger partial charge in [-0.25, -0.2) is 0 Å². The van der Waals surface area contributed by atoms with Crippen LogP contribution in [0.1, 0.15) is 16.7 Å². The minimum absolute atomic E-state index is 0.294. The summed E-state index contributed by atoms with van der Waals surface area (Å²) in [6.45, 7) is 0.407. The van der Waals surface area contributed by atoms with Gasteiger partial charge in [0.15, 0.2) is 0 Å². The summed E-state index contributed by atoms with van der Waals surface area (Å²) in [4.78, 5) is 20.9. The monoisotopic (exact) mass is 400 g/mol. The summed E-state index contributed by atoms with van der Waals surface area (Å²) >= 11 is 12.5. The summed E-state index contributed by atoms with van der Waals surface area (Å²) in [6.07, 6.45) is 7.06. The van der Waals surface area contributed by atoms with E-state index in [9.17, 15) is 4.79 Å². The van der Waals surface area contributed by atoms with Gasteiger partial charge in [0.2, 0.25) is 5.91 Å². The van der Waals surface area contributed by atoms with Crippen molar-refractivity contribution in [3.63, 3.8) is 0 Å². The number of pyridine rings is 2. The molecule has 0 saturated carbocycles. The van der Waals surface area contributed by atoms with Crippen molar-refractivity contribution in [2.45, 2.75) is 18.5 Å². The average molecular weight is 401 g/mol. The molecule has 0 aliphatic rings. The van der Waals surface area contributed by atoms with Gasteiger partial charge in [-0.1, -0.05) is 35.3 Å². The predicted molar refractivity (Wildman–Crippen MR) is 106 cm³/mol. The highest BCUT2D eigenvalue weighted by Crippen LogP contribution is 2.33. The number of primary amides is 1. The summed E-state index contributed by atoms with van der Waals surface area (Å²) in [5, 5.41) is 4.17. The van der Waals surface area contributed by atoms with Crippen molar-refractivity contribution in [3.8, 4) is 0 Å². The van der Waals surface area contributed by atoms with Crippen LogP contribution in [0, 0.1) is 0 Å². The maximum absolute atomic E-state index is 12.7. The number of rotatable bonds is 7. The first kappa shape index (κ1) is 19.3. The second kappa shape index (κ2) is 8.48. The molecule has 0 spiro atoms. The fourth-order valence-corrected chi connectivity index (χ4v) is 3.53. The molecule has 0 aliphatic carbocycles. The van der Waals surface area contributed by atoms with E-state index in [1.807, 2.05) is 24.3 Å². The Morgan fingerprint density at radius 3 is 2.44 bits per heavy atom. The Bertz CT molecular complexity index is 922. The van der Waals surface area contributed by atoms with Crippen LogP contribution in [-0.2, 0) is 23.3 Å². The summed E-state index contributed by atoms with van der Waals surface area (Å²) in [6, 6.07) is 12.5. The molecule has 5 nitrogen and oxygen atoms in total. The quantitative estimate of drug-likeness (QED) is 0.635. The number of nitrogens with two attached hydrogens (primary N) is 1. The maximum atomic E-state index is 12.7. The number of hydrogen-bond donors (Lipinski definition) is 2. The van der Waals surface area contributed by atoms with Crippen LogP contribution < -0.4 is 11.1 Å². The molecule has 3 N–H and O–H groups in total. The first-order valence-corrected chi connectivity index (χ1v) is 9.05. The lowest BCUT2D eigenvalue weighted by Crippen LogP contribution is -2.54. The van der Waals surface area contributed by atoms with Gasteiger partial charge in [-0.2, -0.15) is 0 Å². The van der Waals surface area contributed by atoms with Gasteiger partial charge >= 0.3 is 0 Å². The van der Waals surface area contributed by atoms with Crippen molar-refractivity contribution in [1.82, 2.24) is 15.3 Å². The minimum Gasteiger partial charge on any atom is -0.368 e. The number of carbonyl (C=O) groups excluding carboxylic acids is 1. The van der Waals surface area contributed by atoms with Gasteiger partial charge in [0.25, 0.3) is 0 Å². The lowest BCUT2D eigenvalue weighted by molar-refractivity contribution is -0.125. The number of benzene rings is 1. The standard InChI is InChI=1S/C20H18Cl2N4O/c21-16-3-4-17(18(22)10-16)20(19(23)27,11-15-2-1-7-25-12-15)26-13-14-5-8-24-9-6-14/h1-10,12,26H,11,13H2,(H2,23,27). The zero-order chi connectivity index (χ0) is 19.3. The van der Waals surface area contributed by atoms with Crippen molar-refractivity contribution in [2.75, 3.05) is 0 Å². The van der Waals surface area contributed by atoms with E-state index in [2.05, 4.69) is 15.3 Å². The molecule has 7 heteroatoms. The minimum atomic E-state index is -1.23. The van der Waals surface area contributed by atoms with Crippen molar-refractivity contribution >= 4 is 29.1 Å². The van der Waals surface area contributed by atoms with Crippen LogP contribution in [0.5, 0.6) is 0 Å². The lowest BCUT2D eigenvalue weighted by Gasteiger charge is -2.33. The third-order valence-electron chi connectivity index (χ3n) is 4.35. The molecular weight excluding hydrogens is 383 g/mol. The normalized spacial score (nSPS) is 13.1. The third-order valence-corrected chi connectivity index (χ3v) is 4.90. The van der Waals surface area contributed by atoms with E-state index in [1.54, 1.807) is 43.0 Å². The predicted octanol–water partition coefficient (Wildman–Crippen LogP) is 3.50. The van der Waals surface area contributed by atoms with Crippen LogP contribution in [-0.4, -0.2) is 15.9 Å². The topological polar surface area (TPSA) is 80.9 Å². The molecule has 3 rings (SSSR count). The summed E-state index contributed by atoms with van der Waals surface area (Å²) < 4.78 is 0. The molecule has 0 fully saturated rings. The Balaban J connectivity index is 2.05. The van der Waals surface area contributed by atoms with E-state index >= 15 is 0 Å². The molecule has 2 aromatic heterocycles. The van der Waals surface area contributed by atoms with Crippen molar-refractivity contribution < 1.29 is 4.79 Å². The number of carbonyl (C=O) groups is 1. The van der Waals surface area contributed by atoms with E-state index in [1.165, 1.54) is 0 Å². The van der Waals surface area contributed by atoms with Gasteiger partial charge in [0.05, 0.1) is 0 Å². The highest BCUT2D eigenvalue weighted by Gasteiger charge is 2.40. The number of nitrogens with zero attached hydrogens (tertiary/aromatic N) is 2. The molecule has 0 radical (unpaired) electrons. The highest BCUT2D eigenvalue weighted by molar-refractivity contribution is 6.35. The van der Waals surface area contributed by atoms with Gasteiger partial charge in [-0.05, 0) is 41.5 Å². The van der Waals surface area contributed by atoms with E-state index < -0.39 is 11.4 Å². The Hall–Kier alpha value is -2.47. The van der Waals surface area contributed by atoms with Crippen molar-refractivity contribution in [1.29, 1.82) is 0 Å². The molecule has 27 heavy (non-hydrogen) atoms. The maximum Gasteiger partial charge on any atom is 0.242 e. The molecule has 1 atom stereocenters. The smallest absolute Gasteiger partial charge is 0.242 e. The molecule has 0 aliphatic heterocycles. The van der Waals surface area contributed by atoms with Gasteiger partial charge in [0, 0.05) is 53.4 Å². The Labute approximate surface area is 167 Å². The fourth-order valence-electron chi connectivity index (χ4n) is 2.96. The van der Waals surface area contributed by atoms with Gasteiger partial charge < -0.3 is 5.73 Å². The zero-order valence-electron chi connectivity index (χ0n) is 14.4. The summed E-state index contributed by atoms with van der Waals surface area (Å²) in [5.41, 5.74) is 7.05. The van der Waals surface area contributed by atoms with Crippen LogP contribution in [0.4, 0.5) is 0 Å². The number of halogens is 2. The molecule has 138 valence electrons. The van der Waals surface area contributed by atoms with Crippen LogP contribution in [0.15, 0.2) is 67.3 Å².